The summed E-state index contributed by atoms with van der Waals surface area (Å²) in [6, 6.07) is 9.48. The Hall–Kier alpha value is -5.08. The van der Waals surface area contributed by atoms with Crippen LogP contribution < -0.4 is 21.1 Å². The molecule has 2 amide bonds. The van der Waals surface area contributed by atoms with Gasteiger partial charge in [-0.15, -0.1) is 0 Å². The first-order valence-electron chi connectivity index (χ1n) is 19.8. The highest BCUT2D eigenvalue weighted by Gasteiger charge is 2.31. The molecule has 1 unspecified atom stereocenters. The minimum absolute atomic E-state index is 0.225. The van der Waals surface area contributed by atoms with Gasteiger partial charge in [0.1, 0.15) is 11.7 Å². The summed E-state index contributed by atoms with van der Waals surface area (Å²) in [5, 5.41) is 6.89. The van der Waals surface area contributed by atoms with Crippen LogP contribution in [0.1, 0.15) is 93.3 Å². The number of anilines is 2. The number of fused-ring (bicyclic) bond motifs is 2. The van der Waals surface area contributed by atoms with Crippen molar-refractivity contribution in [2.75, 3.05) is 45.3 Å². The van der Waals surface area contributed by atoms with Crippen molar-refractivity contribution < 1.29 is 19.1 Å². The van der Waals surface area contributed by atoms with E-state index in [-0.39, 0.29) is 18.0 Å². The number of likely N-dealkylation sites (tertiary alicyclic amines) is 1. The van der Waals surface area contributed by atoms with Crippen LogP contribution in [0.25, 0.3) is 22.1 Å². The van der Waals surface area contributed by atoms with E-state index < -0.39 is 11.9 Å². The number of benzene rings is 1. The number of nitrogens with one attached hydrogen (secondary N) is 2. The predicted molar refractivity (Wildman–Crippen MR) is 210 cm³/mol. The number of hydrogen-bond acceptors (Lipinski definition) is 10. The van der Waals surface area contributed by atoms with Gasteiger partial charge in [-0.25, -0.2) is 14.8 Å². The van der Waals surface area contributed by atoms with Crippen molar-refractivity contribution >= 4 is 45.5 Å². The normalized spacial score (nSPS) is 19.0. The van der Waals surface area contributed by atoms with Crippen molar-refractivity contribution in [1.29, 1.82) is 0 Å². The maximum atomic E-state index is 13.1. The van der Waals surface area contributed by atoms with Crippen LogP contribution in [0.3, 0.4) is 0 Å². The topological polar surface area (TPSA) is 150 Å². The Morgan fingerprint density at radius 1 is 0.945 bits per heavy atom. The van der Waals surface area contributed by atoms with Gasteiger partial charge in [0.15, 0.2) is 0 Å². The Kier molecular flexibility index (Phi) is 11.0. The molecule has 1 saturated carbocycles. The van der Waals surface area contributed by atoms with Gasteiger partial charge in [-0.05, 0) is 93.3 Å². The van der Waals surface area contributed by atoms with E-state index in [4.69, 9.17) is 19.4 Å². The lowest BCUT2D eigenvalue weighted by molar-refractivity contribution is -0.135. The van der Waals surface area contributed by atoms with Crippen molar-refractivity contribution in [3.05, 3.63) is 70.5 Å². The number of carbonyl (C=O) groups excluding carboxylic acids is 2. The number of amides is 2. The molecule has 5 aromatic rings. The van der Waals surface area contributed by atoms with Gasteiger partial charge in [0.05, 0.1) is 24.8 Å². The molecule has 1 aliphatic carbocycles. The van der Waals surface area contributed by atoms with Crippen molar-refractivity contribution in [1.82, 2.24) is 38.9 Å². The number of hydrogen-bond donors (Lipinski definition) is 2. The van der Waals surface area contributed by atoms with Crippen LogP contribution >= 0.6 is 0 Å². The number of ether oxygens (including phenoxy) is 2. The van der Waals surface area contributed by atoms with E-state index in [0.717, 1.165) is 67.7 Å². The van der Waals surface area contributed by atoms with Crippen molar-refractivity contribution in [2.45, 2.75) is 88.6 Å². The number of nitrogens with zero attached hydrogens (tertiary/aromatic N) is 7. The molecule has 2 saturated heterocycles. The van der Waals surface area contributed by atoms with Crippen molar-refractivity contribution in [3.8, 4) is 5.88 Å². The number of imidazole rings is 1. The number of aromatic nitrogens is 6. The lowest BCUT2D eigenvalue weighted by Crippen LogP contribution is -2.44. The molecule has 55 heavy (non-hydrogen) atoms. The average molecular weight is 750 g/mol. The summed E-state index contributed by atoms with van der Waals surface area (Å²) in [5.74, 6) is 0.871. The highest BCUT2D eigenvalue weighted by Crippen LogP contribution is 2.38. The average Bonchev–Trinajstić information content (AvgIpc) is 3.70. The molecule has 1 atom stereocenters. The van der Waals surface area contributed by atoms with Crippen LogP contribution in [0.5, 0.6) is 5.88 Å². The van der Waals surface area contributed by atoms with Crippen LogP contribution in [0.2, 0.25) is 0 Å². The van der Waals surface area contributed by atoms with Crippen molar-refractivity contribution in [3.63, 3.8) is 0 Å². The summed E-state index contributed by atoms with van der Waals surface area (Å²) in [6.45, 7) is 4.34. The summed E-state index contributed by atoms with van der Waals surface area (Å²) in [6.07, 6.45) is 16.7. The quantitative estimate of drug-likeness (QED) is 0.116. The molecule has 14 heteroatoms. The maximum Gasteiger partial charge on any atom is 0.329 e. The first kappa shape index (κ1) is 36.9. The highest BCUT2D eigenvalue weighted by molar-refractivity contribution is 6.00. The number of rotatable bonds is 13. The van der Waals surface area contributed by atoms with E-state index in [9.17, 15) is 14.4 Å². The van der Waals surface area contributed by atoms with E-state index in [2.05, 4.69) is 31.3 Å². The fourth-order valence-electron chi connectivity index (χ4n) is 8.74. The molecule has 8 rings (SSSR count). The first-order chi connectivity index (χ1) is 26.9. The third-order valence-electron chi connectivity index (χ3n) is 11.8. The molecule has 3 aliphatic rings. The smallest absolute Gasteiger partial charge is 0.329 e. The lowest BCUT2D eigenvalue weighted by Gasteiger charge is -2.31. The van der Waals surface area contributed by atoms with E-state index in [1.165, 1.54) is 47.6 Å². The monoisotopic (exact) mass is 749 g/mol. The lowest BCUT2D eigenvalue weighted by atomic mass is 9.90. The largest absolute Gasteiger partial charge is 0.481 e. The molecule has 290 valence electrons. The van der Waals surface area contributed by atoms with E-state index in [1.54, 1.807) is 24.9 Å². The molecule has 1 aromatic carbocycles. The Bertz CT molecular complexity index is 2230. The van der Waals surface area contributed by atoms with Crippen LogP contribution in [0, 0.1) is 0 Å². The molecule has 4 aromatic heterocycles. The second-order valence-corrected chi connectivity index (χ2v) is 15.3. The Morgan fingerprint density at radius 2 is 1.78 bits per heavy atom. The van der Waals surface area contributed by atoms with Gasteiger partial charge in [0, 0.05) is 68.4 Å². The Labute approximate surface area is 320 Å². The second kappa shape index (κ2) is 16.3. The van der Waals surface area contributed by atoms with E-state index >= 15 is 0 Å². The fourth-order valence-corrected chi connectivity index (χ4v) is 8.74. The zero-order valence-corrected chi connectivity index (χ0v) is 31.8. The molecule has 0 bridgehead atoms. The van der Waals surface area contributed by atoms with Crippen molar-refractivity contribution in [2.24, 2.45) is 7.05 Å². The third kappa shape index (κ3) is 7.88. The summed E-state index contributed by atoms with van der Waals surface area (Å²) in [4.78, 5) is 53.8. The number of methoxy groups -OCH3 is 1. The fraction of sp³-hybridized carbons (Fsp3) is 0.512. The molecule has 2 aliphatic heterocycles. The number of carbonyl (C=O) groups is 2. The highest BCUT2D eigenvalue weighted by atomic mass is 16.5. The third-order valence-corrected chi connectivity index (χ3v) is 11.8. The van der Waals surface area contributed by atoms with Crippen LogP contribution in [-0.4, -0.2) is 85.3 Å². The summed E-state index contributed by atoms with van der Waals surface area (Å²) in [7, 11) is 3.34. The molecule has 2 N–H and O–H groups in total. The Balaban J connectivity index is 0.834. The standard InChI is InChI=1S/C41H51N9O5/c1-47-35-23-27(10-11-33(35)50(41(47)53)34-12-13-36(51)45-39(34)52)7-6-21-55-22-20-48-18-15-28(16-19-48)32-26-49(30-8-4-3-5-9-30)38-31(32)25-43-40(46-38)44-29-14-17-42-37(24-29)54-2/h10-11,14,17,23-26,28,30,34H,3-9,12-13,15-16,18-22H2,1-2H3,(H,45,51,52)(H,42,43,44,46). The van der Waals surface area contributed by atoms with Crippen LogP contribution in [0.15, 0.2) is 53.7 Å². The van der Waals surface area contributed by atoms with Gasteiger partial charge in [0.2, 0.25) is 23.6 Å². The van der Waals surface area contributed by atoms with Gasteiger partial charge in [-0.1, -0.05) is 25.3 Å². The molecular formula is C41H51N9O5. The second-order valence-electron chi connectivity index (χ2n) is 15.3. The van der Waals surface area contributed by atoms with E-state index in [1.807, 2.05) is 36.5 Å². The van der Waals surface area contributed by atoms with Gasteiger partial charge >= 0.3 is 5.69 Å². The molecular weight excluding hydrogens is 699 g/mol. The zero-order chi connectivity index (χ0) is 37.9. The molecule has 0 spiro atoms. The number of aryl methyl sites for hydroxylation is 2. The predicted octanol–water partition coefficient (Wildman–Crippen LogP) is 5.54. The van der Waals surface area contributed by atoms with Gasteiger partial charge in [-0.2, -0.15) is 4.98 Å². The van der Waals surface area contributed by atoms with Crippen LogP contribution in [-0.2, 0) is 27.8 Å². The number of piperidine rings is 2. The first-order valence-corrected chi connectivity index (χ1v) is 19.8. The number of pyridine rings is 1. The molecule has 3 fully saturated rings. The van der Waals surface area contributed by atoms with Gasteiger partial charge in [-0.3, -0.25) is 24.0 Å². The summed E-state index contributed by atoms with van der Waals surface area (Å²) < 4.78 is 16.9. The minimum Gasteiger partial charge on any atom is -0.481 e. The molecule has 14 nitrogen and oxygen atoms in total. The van der Waals surface area contributed by atoms with Crippen LogP contribution in [0.4, 0.5) is 11.6 Å². The summed E-state index contributed by atoms with van der Waals surface area (Å²) >= 11 is 0. The summed E-state index contributed by atoms with van der Waals surface area (Å²) in [5.41, 5.74) is 5.59. The SMILES string of the molecule is COc1cc(Nc2ncc3c(C4CCN(CCOCCCc5ccc6c(c5)n(C)c(=O)n6C5CCC(=O)NC5=O)CC4)cn(C4CCCCC4)c3n2)ccn1. The number of imide groups is 1. The van der Waals surface area contributed by atoms with E-state index in [0.29, 0.717) is 48.9 Å². The molecule has 6 heterocycles. The Morgan fingerprint density at radius 3 is 2.58 bits per heavy atom. The van der Waals surface area contributed by atoms with Gasteiger partial charge in [0.25, 0.3) is 0 Å². The maximum absolute atomic E-state index is 13.1. The van der Waals surface area contributed by atoms with Gasteiger partial charge < -0.3 is 24.3 Å². The minimum atomic E-state index is -0.678. The molecule has 0 radical (unpaired) electrons. The zero-order valence-electron chi connectivity index (χ0n) is 31.8.